The lowest BCUT2D eigenvalue weighted by molar-refractivity contribution is -0.120. The van der Waals surface area contributed by atoms with Crippen molar-refractivity contribution >= 4 is 17.7 Å². The van der Waals surface area contributed by atoms with Crippen LogP contribution in [0.4, 0.5) is 0 Å². The van der Waals surface area contributed by atoms with Crippen LogP contribution in [0, 0.1) is 0 Å². The molecule has 2 heterocycles. The number of hydrogen-bond acceptors (Lipinski definition) is 5. The highest BCUT2D eigenvalue weighted by Gasteiger charge is 2.19. The highest BCUT2D eigenvalue weighted by Crippen LogP contribution is 2.25. The Morgan fingerprint density at radius 3 is 2.76 bits per heavy atom. The second-order valence-corrected chi connectivity index (χ2v) is 6.94. The Morgan fingerprint density at radius 1 is 1.24 bits per heavy atom. The fourth-order valence-corrected chi connectivity index (χ4v) is 3.21. The molecule has 6 nitrogen and oxygen atoms in total. The van der Waals surface area contributed by atoms with Gasteiger partial charge in [0.15, 0.2) is 16.7 Å². The van der Waals surface area contributed by atoms with Gasteiger partial charge in [-0.05, 0) is 31.0 Å². The van der Waals surface area contributed by atoms with Crippen molar-refractivity contribution in [3.63, 3.8) is 0 Å². The zero-order valence-corrected chi connectivity index (χ0v) is 15.0. The number of furan rings is 1. The molecule has 1 atom stereocenters. The number of amides is 1. The molecule has 0 aliphatic carbocycles. The van der Waals surface area contributed by atoms with Gasteiger partial charge in [-0.3, -0.25) is 4.79 Å². The average molecular weight is 356 g/mol. The van der Waals surface area contributed by atoms with Gasteiger partial charge in [-0.2, -0.15) is 0 Å². The van der Waals surface area contributed by atoms with Gasteiger partial charge in [0.1, 0.15) is 0 Å². The van der Waals surface area contributed by atoms with Crippen molar-refractivity contribution in [2.45, 2.75) is 23.8 Å². The largest absolute Gasteiger partial charge is 0.461 e. The second-order valence-electron chi connectivity index (χ2n) is 5.63. The van der Waals surface area contributed by atoms with Gasteiger partial charge in [-0.25, -0.2) is 0 Å². The molecule has 2 aromatic heterocycles. The monoisotopic (exact) mass is 356 g/mol. The molecule has 1 amide bonds. The lowest BCUT2D eigenvalue weighted by Crippen LogP contribution is -2.32. The topological polar surface area (TPSA) is 73.0 Å². The normalized spacial score (nSPS) is 12.1. The summed E-state index contributed by atoms with van der Waals surface area (Å²) in [7, 11) is 1.86. The summed E-state index contributed by atoms with van der Waals surface area (Å²) >= 11 is 1.38. The molecule has 1 unspecified atom stereocenters. The first-order valence-corrected chi connectivity index (χ1v) is 8.94. The van der Waals surface area contributed by atoms with E-state index in [-0.39, 0.29) is 11.2 Å². The molecule has 0 bridgehead atoms. The van der Waals surface area contributed by atoms with Crippen LogP contribution in [0.25, 0.3) is 11.6 Å². The Bertz CT molecular complexity index is 815. The Balaban J connectivity index is 1.53. The number of carbonyl (C=O) groups excluding carboxylic acids is 1. The lowest BCUT2D eigenvalue weighted by atomic mass is 10.1. The zero-order valence-electron chi connectivity index (χ0n) is 14.2. The van der Waals surface area contributed by atoms with Crippen LogP contribution in [-0.4, -0.2) is 32.5 Å². The molecule has 0 saturated heterocycles. The van der Waals surface area contributed by atoms with E-state index in [0.717, 1.165) is 6.42 Å². The third kappa shape index (κ3) is 4.30. The van der Waals surface area contributed by atoms with E-state index < -0.39 is 0 Å². The summed E-state index contributed by atoms with van der Waals surface area (Å²) in [6.45, 7) is 2.48. The van der Waals surface area contributed by atoms with Crippen LogP contribution in [0.15, 0.2) is 58.3 Å². The quantitative estimate of drug-likeness (QED) is 0.659. The second kappa shape index (κ2) is 8.02. The highest BCUT2D eigenvalue weighted by molar-refractivity contribution is 8.00. The number of benzene rings is 1. The predicted octanol–water partition coefficient (Wildman–Crippen LogP) is 2.91. The molecule has 0 spiro atoms. The van der Waals surface area contributed by atoms with Crippen molar-refractivity contribution in [2.24, 2.45) is 7.05 Å². The summed E-state index contributed by atoms with van der Waals surface area (Å²) in [6.07, 6.45) is 2.41. The number of rotatable bonds is 7. The molecule has 1 N–H and O–H groups in total. The molecular formula is C18H20N4O2S. The average Bonchev–Trinajstić information content (AvgIpc) is 3.26. The SMILES string of the molecule is CC(Sc1nnc(-c2ccco2)n1C)C(=O)NCCc1ccccc1. The van der Waals surface area contributed by atoms with E-state index >= 15 is 0 Å². The molecule has 1 aromatic carbocycles. The molecule has 0 fully saturated rings. The predicted molar refractivity (Wildman–Crippen MR) is 97.2 cm³/mol. The summed E-state index contributed by atoms with van der Waals surface area (Å²) < 4.78 is 7.18. The van der Waals surface area contributed by atoms with Crippen molar-refractivity contribution in [3.05, 3.63) is 54.3 Å². The number of thioether (sulfide) groups is 1. The van der Waals surface area contributed by atoms with Gasteiger partial charge in [0, 0.05) is 13.6 Å². The number of nitrogens with zero attached hydrogens (tertiary/aromatic N) is 3. The van der Waals surface area contributed by atoms with Gasteiger partial charge in [0.05, 0.1) is 11.5 Å². The smallest absolute Gasteiger partial charge is 0.233 e. The van der Waals surface area contributed by atoms with Crippen molar-refractivity contribution in [3.8, 4) is 11.6 Å². The van der Waals surface area contributed by atoms with Crippen LogP contribution >= 0.6 is 11.8 Å². The molecule has 0 aliphatic heterocycles. The van der Waals surface area contributed by atoms with Crippen molar-refractivity contribution in [1.82, 2.24) is 20.1 Å². The third-order valence-electron chi connectivity index (χ3n) is 3.78. The van der Waals surface area contributed by atoms with Crippen LogP contribution in [0.3, 0.4) is 0 Å². The van der Waals surface area contributed by atoms with Gasteiger partial charge in [-0.15, -0.1) is 10.2 Å². The number of nitrogens with one attached hydrogen (secondary N) is 1. The highest BCUT2D eigenvalue weighted by atomic mass is 32.2. The van der Waals surface area contributed by atoms with E-state index in [0.29, 0.717) is 23.3 Å². The Kier molecular flexibility index (Phi) is 5.55. The minimum Gasteiger partial charge on any atom is -0.461 e. The van der Waals surface area contributed by atoms with Gasteiger partial charge in [0.2, 0.25) is 5.91 Å². The van der Waals surface area contributed by atoms with E-state index in [1.54, 1.807) is 12.3 Å². The van der Waals surface area contributed by atoms with Crippen LogP contribution in [-0.2, 0) is 18.3 Å². The zero-order chi connectivity index (χ0) is 17.6. The van der Waals surface area contributed by atoms with E-state index in [1.807, 2.05) is 42.8 Å². The first-order valence-electron chi connectivity index (χ1n) is 8.06. The summed E-state index contributed by atoms with van der Waals surface area (Å²) in [4.78, 5) is 12.3. The maximum atomic E-state index is 12.3. The number of carbonyl (C=O) groups is 1. The summed E-state index contributed by atoms with van der Waals surface area (Å²) in [5, 5.41) is 11.7. The molecule has 7 heteroatoms. The standard InChI is InChI=1S/C18H20N4O2S/c1-13(17(23)19-11-10-14-7-4-3-5-8-14)25-18-21-20-16(22(18)2)15-9-6-12-24-15/h3-9,12-13H,10-11H2,1-2H3,(H,19,23). The number of aromatic nitrogens is 3. The summed E-state index contributed by atoms with van der Waals surface area (Å²) in [5.74, 6) is 1.29. The fraction of sp³-hybridized carbons (Fsp3) is 0.278. The van der Waals surface area contributed by atoms with E-state index in [9.17, 15) is 4.79 Å². The fourth-order valence-electron chi connectivity index (χ4n) is 2.37. The van der Waals surface area contributed by atoms with Crippen molar-refractivity contribution < 1.29 is 9.21 Å². The van der Waals surface area contributed by atoms with Crippen LogP contribution < -0.4 is 5.32 Å². The summed E-state index contributed by atoms with van der Waals surface area (Å²) in [6, 6.07) is 13.7. The van der Waals surface area contributed by atoms with Crippen molar-refractivity contribution in [2.75, 3.05) is 6.54 Å². The van der Waals surface area contributed by atoms with E-state index in [1.165, 1.54) is 17.3 Å². The Morgan fingerprint density at radius 2 is 2.04 bits per heavy atom. The Hall–Kier alpha value is -2.54. The molecule has 0 saturated carbocycles. The third-order valence-corrected chi connectivity index (χ3v) is 4.92. The number of hydrogen-bond donors (Lipinski definition) is 1. The lowest BCUT2D eigenvalue weighted by Gasteiger charge is -2.11. The van der Waals surface area contributed by atoms with E-state index in [2.05, 4.69) is 27.6 Å². The Labute approximate surface area is 150 Å². The molecule has 130 valence electrons. The maximum absolute atomic E-state index is 12.3. The van der Waals surface area contributed by atoms with Gasteiger partial charge in [0.25, 0.3) is 0 Å². The molecule has 0 radical (unpaired) electrons. The minimum atomic E-state index is -0.261. The molecule has 3 aromatic rings. The van der Waals surface area contributed by atoms with Crippen LogP contribution in [0.1, 0.15) is 12.5 Å². The summed E-state index contributed by atoms with van der Waals surface area (Å²) in [5.41, 5.74) is 1.21. The van der Waals surface area contributed by atoms with Gasteiger partial charge in [-0.1, -0.05) is 42.1 Å². The molecule has 3 rings (SSSR count). The first kappa shape index (κ1) is 17.3. The van der Waals surface area contributed by atoms with Gasteiger partial charge >= 0.3 is 0 Å². The van der Waals surface area contributed by atoms with Crippen molar-refractivity contribution in [1.29, 1.82) is 0 Å². The molecule has 25 heavy (non-hydrogen) atoms. The van der Waals surface area contributed by atoms with E-state index in [4.69, 9.17) is 4.42 Å². The van der Waals surface area contributed by atoms with Crippen LogP contribution in [0.5, 0.6) is 0 Å². The maximum Gasteiger partial charge on any atom is 0.233 e. The molecular weight excluding hydrogens is 336 g/mol. The van der Waals surface area contributed by atoms with Crippen LogP contribution in [0.2, 0.25) is 0 Å². The first-order chi connectivity index (χ1) is 12.1. The van der Waals surface area contributed by atoms with Gasteiger partial charge < -0.3 is 14.3 Å². The molecule has 0 aliphatic rings. The minimum absolute atomic E-state index is 0.0107.